The molecule has 0 saturated heterocycles. The number of likely N-dealkylation sites (N-methyl/N-ethyl adjacent to an activating group) is 1. The number of aryl methyl sites for hydroxylation is 1. The second-order valence-corrected chi connectivity index (χ2v) is 6.93. The fraction of sp³-hybridized carbons (Fsp3) is 0.273. The van der Waals surface area contributed by atoms with Gasteiger partial charge in [-0.3, -0.25) is 4.79 Å². The first-order valence-electron chi connectivity index (χ1n) is 9.21. The van der Waals surface area contributed by atoms with Crippen LogP contribution in [0, 0.1) is 12.7 Å². The summed E-state index contributed by atoms with van der Waals surface area (Å²) in [6, 6.07) is 13.5. The molecule has 2 aromatic carbocycles. The Balaban J connectivity index is 1.78. The molecule has 7 heteroatoms. The quantitative estimate of drug-likeness (QED) is 0.656. The van der Waals surface area contributed by atoms with E-state index in [9.17, 15) is 9.18 Å². The number of nitrogens with one attached hydrogen (secondary N) is 1. The van der Waals surface area contributed by atoms with E-state index >= 15 is 0 Å². The van der Waals surface area contributed by atoms with Gasteiger partial charge in [0.2, 0.25) is 0 Å². The van der Waals surface area contributed by atoms with E-state index in [4.69, 9.17) is 9.26 Å². The Kier molecular flexibility index (Phi) is 6.29. The smallest absolute Gasteiger partial charge is 0.257 e. The molecule has 0 aliphatic carbocycles. The number of hydrogen-bond acceptors (Lipinski definition) is 5. The maximum Gasteiger partial charge on any atom is 0.257 e. The number of carbonyl (C=O) groups excluding carboxylic acids is 1. The molecule has 0 unspecified atom stereocenters. The Bertz CT molecular complexity index is 966. The van der Waals surface area contributed by atoms with Gasteiger partial charge in [-0.15, -0.1) is 0 Å². The van der Waals surface area contributed by atoms with Crippen LogP contribution in [-0.4, -0.2) is 43.7 Å². The minimum absolute atomic E-state index is 0.0284. The molecule has 152 valence electrons. The predicted octanol–water partition coefficient (Wildman–Crippen LogP) is 3.83. The van der Waals surface area contributed by atoms with E-state index in [1.165, 1.54) is 12.1 Å². The Morgan fingerprint density at radius 3 is 2.41 bits per heavy atom. The third-order valence-corrected chi connectivity index (χ3v) is 4.79. The lowest BCUT2D eigenvalue weighted by molar-refractivity contribution is 0.0941. The Morgan fingerprint density at radius 2 is 1.83 bits per heavy atom. The van der Waals surface area contributed by atoms with Gasteiger partial charge in [-0.05, 0) is 63.0 Å². The maximum absolute atomic E-state index is 13.2. The van der Waals surface area contributed by atoms with Crippen LogP contribution in [0.2, 0.25) is 0 Å². The summed E-state index contributed by atoms with van der Waals surface area (Å²) in [6.45, 7) is 2.08. The van der Waals surface area contributed by atoms with Gasteiger partial charge in [0.1, 0.15) is 28.6 Å². The van der Waals surface area contributed by atoms with Gasteiger partial charge in [-0.1, -0.05) is 17.3 Å². The van der Waals surface area contributed by atoms with Crippen LogP contribution in [0.4, 0.5) is 4.39 Å². The summed E-state index contributed by atoms with van der Waals surface area (Å²) < 4.78 is 23.7. The molecule has 3 rings (SSSR count). The number of amides is 1. The standard InChI is InChI=1S/C22H24FN3O3/c1-14-20(21(25-29-14)16-5-9-17(23)10-6-16)22(27)24-13-19(26(2)3)15-7-11-18(28-4)12-8-15/h5-12,19H,13H2,1-4H3,(H,24,27)/t19-/m1/s1. The highest BCUT2D eigenvalue weighted by molar-refractivity contribution is 6.00. The normalized spacial score (nSPS) is 12.1. The average molecular weight is 397 g/mol. The molecule has 0 aliphatic heterocycles. The van der Waals surface area contributed by atoms with Crippen molar-refractivity contribution in [2.75, 3.05) is 27.7 Å². The van der Waals surface area contributed by atoms with E-state index in [0.29, 0.717) is 29.1 Å². The number of halogens is 1. The second-order valence-electron chi connectivity index (χ2n) is 6.93. The third-order valence-electron chi connectivity index (χ3n) is 4.79. The first kappa shape index (κ1) is 20.5. The first-order valence-corrected chi connectivity index (χ1v) is 9.21. The topological polar surface area (TPSA) is 67.6 Å². The molecule has 1 atom stereocenters. The van der Waals surface area contributed by atoms with Gasteiger partial charge >= 0.3 is 0 Å². The zero-order chi connectivity index (χ0) is 21.0. The van der Waals surface area contributed by atoms with Gasteiger partial charge in [0.05, 0.1) is 13.2 Å². The van der Waals surface area contributed by atoms with Crippen LogP contribution in [0.1, 0.15) is 27.7 Å². The molecule has 0 radical (unpaired) electrons. The summed E-state index contributed by atoms with van der Waals surface area (Å²) in [6.07, 6.45) is 0. The zero-order valence-electron chi connectivity index (χ0n) is 16.9. The van der Waals surface area contributed by atoms with Crippen LogP contribution < -0.4 is 10.1 Å². The fourth-order valence-electron chi connectivity index (χ4n) is 3.15. The highest BCUT2D eigenvalue weighted by Gasteiger charge is 2.23. The van der Waals surface area contributed by atoms with Gasteiger partial charge in [-0.2, -0.15) is 0 Å². The molecule has 3 aromatic rings. The lowest BCUT2D eigenvalue weighted by atomic mass is 10.0. The van der Waals surface area contributed by atoms with Crippen molar-refractivity contribution in [2.24, 2.45) is 0 Å². The van der Waals surface area contributed by atoms with E-state index in [2.05, 4.69) is 10.5 Å². The van der Waals surface area contributed by atoms with Crippen LogP contribution in [0.25, 0.3) is 11.3 Å². The molecule has 0 spiro atoms. The number of benzene rings is 2. The average Bonchev–Trinajstić information content (AvgIpc) is 3.10. The molecular formula is C22H24FN3O3. The van der Waals surface area contributed by atoms with Crippen LogP contribution in [0.5, 0.6) is 5.75 Å². The number of rotatable bonds is 7. The van der Waals surface area contributed by atoms with Gasteiger partial charge in [-0.25, -0.2) is 4.39 Å². The molecule has 0 bridgehead atoms. The van der Waals surface area contributed by atoms with E-state index in [0.717, 1.165) is 11.3 Å². The molecule has 1 aromatic heterocycles. The predicted molar refractivity (Wildman–Crippen MR) is 108 cm³/mol. The van der Waals surface area contributed by atoms with Crippen LogP contribution >= 0.6 is 0 Å². The molecule has 0 aliphatic rings. The molecule has 29 heavy (non-hydrogen) atoms. The molecule has 1 amide bonds. The van der Waals surface area contributed by atoms with Gasteiger partial charge in [0.15, 0.2) is 0 Å². The zero-order valence-corrected chi connectivity index (χ0v) is 16.9. The molecule has 0 fully saturated rings. The minimum atomic E-state index is -0.353. The Hall–Kier alpha value is -3.19. The van der Waals surface area contributed by atoms with E-state index in [-0.39, 0.29) is 17.8 Å². The number of ether oxygens (including phenoxy) is 1. The van der Waals surface area contributed by atoms with Crippen molar-refractivity contribution in [3.63, 3.8) is 0 Å². The van der Waals surface area contributed by atoms with E-state index in [1.54, 1.807) is 26.2 Å². The van der Waals surface area contributed by atoms with Crippen LogP contribution in [0.15, 0.2) is 53.1 Å². The number of aromatic nitrogens is 1. The van der Waals surface area contributed by atoms with Crippen molar-refractivity contribution >= 4 is 5.91 Å². The lowest BCUT2D eigenvalue weighted by Gasteiger charge is -2.25. The number of methoxy groups -OCH3 is 1. The van der Waals surface area contributed by atoms with Crippen LogP contribution in [0.3, 0.4) is 0 Å². The summed E-state index contributed by atoms with van der Waals surface area (Å²) in [4.78, 5) is 15.0. The number of carbonyl (C=O) groups is 1. The summed E-state index contributed by atoms with van der Waals surface area (Å²) in [5, 5.41) is 6.96. The van der Waals surface area contributed by atoms with Crippen molar-refractivity contribution in [3.05, 3.63) is 71.2 Å². The number of nitrogens with zero attached hydrogens (tertiary/aromatic N) is 2. The SMILES string of the molecule is COc1ccc([C@@H](CNC(=O)c2c(-c3ccc(F)cc3)noc2C)N(C)C)cc1. The molecule has 1 N–H and O–H groups in total. The van der Waals surface area contributed by atoms with Crippen molar-refractivity contribution < 1.29 is 18.4 Å². The molecule has 0 saturated carbocycles. The van der Waals surface area contributed by atoms with Gasteiger partial charge in [0, 0.05) is 12.1 Å². The van der Waals surface area contributed by atoms with E-state index in [1.807, 2.05) is 43.3 Å². The highest BCUT2D eigenvalue weighted by atomic mass is 19.1. The number of hydrogen-bond donors (Lipinski definition) is 1. The van der Waals surface area contributed by atoms with Gasteiger partial charge < -0.3 is 19.5 Å². The van der Waals surface area contributed by atoms with E-state index < -0.39 is 0 Å². The monoisotopic (exact) mass is 397 g/mol. The van der Waals surface area contributed by atoms with Crippen molar-refractivity contribution in [1.29, 1.82) is 0 Å². The van der Waals surface area contributed by atoms with Gasteiger partial charge in [0.25, 0.3) is 5.91 Å². The van der Waals surface area contributed by atoms with Crippen LogP contribution in [-0.2, 0) is 0 Å². The summed E-state index contributed by atoms with van der Waals surface area (Å²) in [5.41, 5.74) is 2.42. The second kappa shape index (κ2) is 8.87. The Labute approximate surface area is 169 Å². The first-order chi connectivity index (χ1) is 13.9. The third kappa shape index (κ3) is 4.63. The fourth-order valence-corrected chi connectivity index (χ4v) is 3.15. The highest BCUT2D eigenvalue weighted by Crippen LogP contribution is 2.26. The summed E-state index contributed by atoms with van der Waals surface area (Å²) in [7, 11) is 5.53. The molecule has 1 heterocycles. The molecular weight excluding hydrogens is 373 g/mol. The largest absolute Gasteiger partial charge is 0.497 e. The van der Waals surface area contributed by atoms with Crippen molar-refractivity contribution in [1.82, 2.24) is 15.4 Å². The lowest BCUT2D eigenvalue weighted by Crippen LogP contribution is -2.34. The maximum atomic E-state index is 13.2. The van der Waals surface area contributed by atoms with Crippen molar-refractivity contribution in [2.45, 2.75) is 13.0 Å². The molecule has 6 nitrogen and oxygen atoms in total. The van der Waals surface area contributed by atoms with Crippen molar-refractivity contribution in [3.8, 4) is 17.0 Å². The Morgan fingerprint density at radius 1 is 1.17 bits per heavy atom. The summed E-state index contributed by atoms with van der Waals surface area (Å²) in [5.74, 6) is 0.545. The summed E-state index contributed by atoms with van der Waals surface area (Å²) >= 11 is 0. The minimum Gasteiger partial charge on any atom is -0.497 e.